The number of halogens is 2. The molecule has 0 amide bonds. The van der Waals surface area contributed by atoms with Crippen LogP contribution in [0.3, 0.4) is 0 Å². The highest BCUT2D eigenvalue weighted by atomic mass is 79.9. The van der Waals surface area contributed by atoms with Crippen LogP contribution in [0.4, 0.5) is 0 Å². The summed E-state index contributed by atoms with van der Waals surface area (Å²) in [6.45, 7) is 4.37. The maximum atomic E-state index is 5.40. The lowest BCUT2D eigenvalue weighted by Crippen LogP contribution is -2.10. The Morgan fingerprint density at radius 3 is 1.18 bits per heavy atom. The fourth-order valence-electron chi connectivity index (χ4n) is 1.14. The Balaban J connectivity index is 2.85. The molecule has 0 bridgehead atoms. The maximum absolute atomic E-state index is 5.40. The van der Waals surface area contributed by atoms with E-state index in [1.807, 2.05) is 0 Å². The standard InChI is InChI=1S/C12H24Br2O3/c13-5-1-3-7-15-9-11-17-12-10-16-8-4-2-6-14/h1-12H2. The quantitative estimate of drug-likeness (QED) is 0.344. The van der Waals surface area contributed by atoms with Crippen LogP contribution in [0.5, 0.6) is 0 Å². The molecule has 0 aliphatic heterocycles. The first-order valence-corrected chi connectivity index (χ1v) is 8.51. The highest BCUT2D eigenvalue weighted by Crippen LogP contribution is 1.95. The smallest absolute Gasteiger partial charge is 0.0701 e. The average Bonchev–Trinajstić information content (AvgIpc) is 2.35. The second-order valence-electron chi connectivity index (χ2n) is 3.63. The molecule has 0 aliphatic carbocycles. The molecule has 17 heavy (non-hydrogen) atoms. The van der Waals surface area contributed by atoms with E-state index in [9.17, 15) is 0 Å². The van der Waals surface area contributed by atoms with Gasteiger partial charge in [0.15, 0.2) is 0 Å². The Morgan fingerprint density at radius 2 is 0.824 bits per heavy atom. The highest BCUT2D eigenvalue weighted by Gasteiger charge is 1.92. The van der Waals surface area contributed by atoms with Gasteiger partial charge in [0.2, 0.25) is 0 Å². The Bertz CT molecular complexity index is 123. The van der Waals surface area contributed by atoms with Crippen molar-refractivity contribution in [2.24, 2.45) is 0 Å². The maximum Gasteiger partial charge on any atom is 0.0701 e. The summed E-state index contributed by atoms with van der Waals surface area (Å²) in [5, 5.41) is 2.11. The van der Waals surface area contributed by atoms with Crippen molar-refractivity contribution in [3.63, 3.8) is 0 Å². The molecule has 3 nitrogen and oxygen atoms in total. The van der Waals surface area contributed by atoms with Gasteiger partial charge in [0.1, 0.15) is 0 Å². The Hall–Kier alpha value is 0.840. The average molecular weight is 376 g/mol. The highest BCUT2D eigenvalue weighted by molar-refractivity contribution is 9.09. The van der Waals surface area contributed by atoms with Crippen LogP contribution in [0.2, 0.25) is 0 Å². The van der Waals surface area contributed by atoms with Crippen LogP contribution in [0.25, 0.3) is 0 Å². The van der Waals surface area contributed by atoms with Gasteiger partial charge in [0, 0.05) is 23.9 Å². The van der Waals surface area contributed by atoms with Crippen molar-refractivity contribution < 1.29 is 14.2 Å². The van der Waals surface area contributed by atoms with Crippen LogP contribution in [0.1, 0.15) is 25.7 Å². The first-order valence-electron chi connectivity index (χ1n) is 6.27. The monoisotopic (exact) mass is 374 g/mol. The molecule has 0 aliphatic rings. The zero-order valence-corrected chi connectivity index (χ0v) is 13.6. The van der Waals surface area contributed by atoms with E-state index < -0.39 is 0 Å². The molecule has 0 fully saturated rings. The molecule has 104 valence electrons. The van der Waals surface area contributed by atoms with Crippen molar-refractivity contribution >= 4 is 31.9 Å². The van der Waals surface area contributed by atoms with E-state index in [0.717, 1.165) is 36.7 Å². The van der Waals surface area contributed by atoms with Gasteiger partial charge >= 0.3 is 0 Å². The largest absolute Gasteiger partial charge is 0.379 e. The molecule has 0 aromatic rings. The molecule has 0 aromatic heterocycles. The number of unbranched alkanes of at least 4 members (excludes halogenated alkanes) is 2. The normalized spacial score (nSPS) is 10.9. The van der Waals surface area contributed by atoms with Crippen molar-refractivity contribution in [1.82, 2.24) is 0 Å². The fraction of sp³-hybridized carbons (Fsp3) is 1.00. The Morgan fingerprint density at radius 1 is 0.471 bits per heavy atom. The van der Waals surface area contributed by atoms with Gasteiger partial charge in [-0.3, -0.25) is 0 Å². The van der Waals surface area contributed by atoms with Crippen LogP contribution in [0, 0.1) is 0 Å². The van der Waals surface area contributed by atoms with Crippen LogP contribution < -0.4 is 0 Å². The molecule has 0 N–H and O–H groups in total. The van der Waals surface area contributed by atoms with Gasteiger partial charge in [0.05, 0.1) is 26.4 Å². The lowest BCUT2D eigenvalue weighted by Gasteiger charge is -2.06. The van der Waals surface area contributed by atoms with Gasteiger partial charge in [0.25, 0.3) is 0 Å². The lowest BCUT2D eigenvalue weighted by molar-refractivity contribution is 0.0137. The Kier molecular flexibility index (Phi) is 17.7. The summed E-state index contributed by atoms with van der Waals surface area (Å²) < 4.78 is 16.2. The minimum atomic E-state index is 0.666. The van der Waals surface area contributed by atoms with E-state index in [2.05, 4.69) is 31.9 Å². The summed E-state index contributed by atoms with van der Waals surface area (Å²) in [5.74, 6) is 0. The number of rotatable bonds is 14. The zero-order chi connectivity index (χ0) is 12.6. The van der Waals surface area contributed by atoms with Crippen molar-refractivity contribution in [3.8, 4) is 0 Å². The molecule has 0 saturated carbocycles. The summed E-state index contributed by atoms with van der Waals surface area (Å²) in [5.41, 5.74) is 0. The van der Waals surface area contributed by atoms with E-state index in [-0.39, 0.29) is 0 Å². The first-order chi connectivity index (χ1) is 8.41. The Labute approximate surface area is 122 Å². The minimum absolute atomic E-state index is 0.666. The molecule has 0 heterocycles. The van der Waals surface area contributed by atoms with E-state index in [1.54, 1.807) is 0 Å². The second kappa shape index (κ2) is 16.8. The molecular weight excluding hydrogens is 352 g/mol. The van der Waals surface area contributed by atoms with Crippen LogP contribution >= 0.6 is 31.9 Å². The van der Waals surface area contributed by atoms with Gasteiger partial charge in [-0.15, -0.1) is 0 Å². The zero-order valence-electron chi connectivity index (χ0n) is 10.5. The van der Waals surface area contributed by atoms with Crippen molar-refractivity contribution in [2.75, 3.05) is 50.3 Å². The summed E-state index contributed by atoms with van der Waals surface area (Å²) in [4.78, 5) is 0. The topological polar surface area (TPSA) is 27.7 Å². The molecule has 0 radical (unpaired) electrons. The third kappa shape index (κ3) is 16.8. The molecule has 0 unspecified atom stereocenters. The van der Waals surface area contributed by atoms with E-state index in [0.29, 0.717) is 26.4 Å². The third-order valence-electron chi connectivity index (χ3n) is 2.09. The molecular formula is C12H24Br2O3. The van der Waals surface area contributed by atoms with Crippen LogP contribution in [-0.2, 0) is 14.2 Å². The van der Waals surface area contributed by atoms with Gasteiger partial charge in [-0.2, -0.15) is 0 Å². The van der Waals surface area contributed by atoms with Gasteiger partial charge in [-0.1, -0.05) is 31.9 Å². The summed E-state index contributed by atoms with van der Waals surface area (Å²) in [6.07, 6.45) is 4.57. The van der Waals surface area contributed by atoms with Gasteiger partial charge in [-0.05, 0) is 25.7 Å². The van der Waals surface area contributed by atoms with Crippen molar-refractivity contribution in [1.29, 1.82) is 0 Å². The van der Waals surface area contributed by atoms with Crippen LogP contribution in [-0.4, -0.2) is 50.3 Å². The summed E-state index contributed by atoms with van der Waals surface area (Å²) in [6, 6.07) is 0. The molecule has 0 saturated heterocycles. The van der Waals surface area contributed by atoms with Gasteiger partial charge < -0.3 is 14.2 Å². The number of hydrogen-bond donors (Lipinski definition) is 0. The number of ether oxygens (including phenoxy) is 3. The number of hydrogen-bond acceptors (Lipinski definition) is 3. The number of alkyl halides is 2. The summed E-state index contributed by atoms with van der Waals surface area (Å²) >= 11 is 6.77. The molecule has 0 spiro atoms. The molecule has 5 heteroatoms. The predicted molar refractivity (Wildman–Crippen MR) is 78.5 cm³/mol. The van der Waals surface area contributed by atoms with Crippen LogP contribution in [0.15, 0.2) is 0 Å². The van der Waals surface area contributed by atoms with Gasteiger partial charge in [-0.25, -0.2) is 0 Å². The fourth-order valence-corrected chi connectivity index (χ4v) is 1.93. The van der Waals surface area contributed by atoms with E-state index in [4.69, 9.17) is 14.2 Å². The molecule has 0 aromatic carbocycles. The van der Waals surface area contributed by atoms with E-state index in [1.165, 1.54) is 12.8 Å². The first kappa shape index (κ1) is 17.8. The van der Waals surface area contributed by atoms with Crippen molar-refractivity contribution in [2.45, 2.75) is 25.7 Å². The molecule has 0 atom stereocenters. The lowest BCUT2D eigenvalue weighted by atomic mass is 10.4. The molecule has 0 rings (SSSR count). The SMILES string of the molecule is BrCCCCOCCOCCOCCCCBr. The van der Waals surface area contributed by atoms with Crippen molar-refractivity contribution in [3.05, 3.63) is 0 Å². The second-order valence-corrected chi connectivity index (χ2v) is 5.22. The minimum Gasteiger partial charge on any atom is -0.379 e. The van der Waals surface area contributed by atoms with E-state index >= 15 is 0 Å². The summed E-state index contributed by atoms with van der Waals surface area (Å²) in [7, 11) is 0. The third-order valence-corrected chi connectivity index (χ3v) is 3.21. The predicted octanol–water partition coefficient (Wildman–Crippen LogP) is 3.39.